The molecule has 1 aliphatic heterocycles. The molecule has 5 N–H and O–H groups in total. The lowest BCUT2D eigenvalue weighted by atomic mass is 9.87. The van der Waals surface area contributed by atoms with Crippen LogP contribution in [0.4, 0.5) is 29.3 Å². The minimum atomic E-state index is -1.30. The molecule has 1 unspecified atom stereocenters. The predicted octanol–water partition coefficient (Wildman–Crippen LogP) is 4.94. The SMILES string of the molecule is CCOc1cc(F)c(-c2nc(C(=O)Nc3c(C(C)(C)C)nc4c(c3N3C[C@H](C)[C@@H](O)[C@H](NC(=O)O)C3)CCC4O)ccc2F)c(F)c1. The van der Waals surface area contributed by atoms with Gasteiger partial charge in [-0.1, -0.05) is 27.7 Å². The largest absolute Gasteiger partial charge is 0.494 e. The maximum Gasteiger partial charge on any atom is 0.405 e. The summed E-state index contributed by atoms with van der Waals surface area (Å²) in [6.45, 7) is 9.50. The monoisotopic (exact) mass is 657 g/mol. The number of carbonyl (C=O) groups excluding carboxylic acids is 1. The normalized spacial score (nSPS) is 20.9. The molecule has 4 atom stereocenters. The lowest BCUT2D eigenvalue weighted by molar-refractivity contribution is 0.0633. The summed E-state index contributed by atoms with van der Waals surface area (Å²) in [6, 6.07) is 2.93. The van der Waals surface area contributed by atoms with Gasteiger partial charge in [-0.2, -0.15) is 0 Å². The van der Waals surface area contributed by atoms with Crippen molar-refractivity contribution in [2.24, 2.45) is 5.92 Å². The fraction of sp³-hybridized carbons (Fsp3) is 0.455. The van der Waals surface area contributed by atoms with E-state index < -0.39 is 70.3 Å². The lowest BCUT2D eigenvalue weighted by Gasteiger charge is -2.43. The molecule has 0 radical (unpaired) electrons. The van der Waals surface area contributed by atoms with Crippen molar-refractivity contribution in [2.75, 3.05) is 29.9 Å². The number of fused-ring (bicyclic) bond motifs is 1. The van der Waals surface area contributed by atoms with Crippen molar-refractivity contribution in [1.29, 1.82) is 0 Å². The van der Waals surface area contributed by atoms with Crippen molar-refractivity contribution in [1.82, 2.24) is 15.3 Å². The van der Waals surface area contributed by atoms with Crippen molar-refractivity contribution in [2.45, 2.75) is 71.1 Å². The summed E-state index contributed by atoms with van der Waals surface area (Å²) >= 11 is 0. The molecule has 1 fully saturated rings. The highest BCUT2D eigenvalue weighted by atomic mass is 19.1. The number of nitrogens with zero attached hydrogens (tertiary/aromatic N) is 3. The number of carboxylic acid groups (broad SMARTS) is 1. The smallest absolute Gasteiger partial charge is 0.405 e. The van der Waals surface area contributed by atoms with Crippen LogP contribution in [0.5, 0.6) is 5.75 Å². The first-order valence-corrected chi connectivity index (χ1v) is 15.4. The first kappa shape index (κ1) is 33.9. The molecule has 0 saturated carbocycles. The van der Waals surface area contributed by atoms with Crippen LogP contribution < -0.4 is 20.3 Å². The average molecular weight is 658 g/mol. The van der Waals surface area contributed by atoms with Gasteiger partial charge in [0.1, 0.15) is 34.6 Å². The molecular weight excluding hydrogens is 619 g/mol. The summed E-state index contributed by atoms with van der Waals surface area (Å²) < 4.78 is 50.2. The Morgan fingerprint density at radius 1 is 1.06 bits per heavy atom. The topological polar surface area (TPSA) is 157 Å². The third kappa shape index (κ3) is 6.70. The molecule has 2 aliphatic rings. The van der Waals surface area contributed by atoms with E-state index in [4.69, 9.17) is 9.72 Å². The van der Waals surface area contributed by atoms with Gasteiger partial charge in [0.25, 0.3) is 5.91 Å². The zero-order chi connectivity index (χ0) is 34.4. The first-order chi connectivity index (χ1) is 22.1. The van der Waals surface area contributed by atoms with Gasteiger partial charge >= 0.3 is 6.09 Å². The minimum absolute atomic E-state index is 0.0477. The Labute approximate surface area is 269 Å². The standard InChI is InChI=1S/C33H38F3N5O6/c1-6-47-16-11-19(35)24(20(36)12-16)26-18(34)8-9-21(37-26)31(44)40-27-28(41-13-15(2)29(43)22(14-41)38-32(45)46)17-7-10-23(42)25(17)39-30(27)33(3,4)5/h8-9,11-12,15,22-23,29,38,42-43H,6-7,10,13-14H2,1-5H3,(H,40,44)(H,45,46)/t15-,22+,23?,29+/m0/s1. The lowest BCUT2D eigenvalue weighted by Crippen LogP contribution is -2.58. The Hall–Kier alpha value is -4.43. The third-order valence-corrected chi connectivity index (χ3v) is 8.42. The van der Waals surface area contributed by atoms with Crippen molar-refractivity contribution < 1.29 is 42.8 Å². The van der Waals surface area contributed by atoms with Crippen LogP contribution in [0, 0.1) is 23.4 Å². The van der Waals surface area contributed by atoms with Crippen LogP contribution in [0.3, 0.4) is 0 Å². The van der Waals surface area contributed by atoms with Gasteiger partial charge in [-0.3, -0.25) is 9.78 Å². The van der Waals surface area contributed by atoms with Crippen LogP contribution in [-0.4, -0.2) is 69.1 Å². The fourth-order valence-corrected chi connectivity index (χ4v) is 6.27. The number of halogens is 3. The number of aliphatic hydroxyl groups is 2. The zero-order valence-electron chi connectivity index (χ0n) is 26.7. The number of ether oxygens (including phenoxy) is 1. The van der Waals surface area contributed by atoms with Crippen LogP contribution in [0.2, 0.25) is 0 Å². The summed E-state index contributed by atoms with van der Waals surface area (Å²) in [5.41, 5.74) is -0.221. The number of rotatable bonds is 7. The van der Waals surface area contributed by atoms with E-state index >= 15 is 8.78 Å². The highest BCUT2D eigenvalue weighted by molar-refractivity contribution is 6.06. The fourth-order valence-electron chi connectivity index (χ4n) is 6.27. The molecule has 1 aliphatic carbocycles. The number of carbonyl (C=O) groups is 2. The quantitative estimate of drug-likeness (QED) is 0.237. The molecule has 0 spiro atoms. The van der Waals surface area contributed by atoms with E-state index in [1.807, 2.05) is 25.7 Å². The number of hydrogen-bond donors (Lipinski definition) is 5. The molecule has 47 heavy (non-hydrogen) atoms. The van der Waals surface area contributed by atoms with E-state index in [9.17, 15) is 29.3 Å². The van der Waals surface area contributed by atoms with Gasteiger partial charge in [0.2, 0.25) is 0 Å². The molecule has 11 nitrogen and oxygen atoms in total. The van der Waals surface area contributed by atoms with Gasteiger partial charge < -0.3 is 35.6 Å². The second kappa shape index (κ2) is 13.0. The summed E-state index contributed by atoms with van der Waals surface area (Å²) in [5, 5.41) is 36.3. The molecule has 2 aromatic heterocycles. The summed E-state index contributed by atoms with van der Waals surface area (Å²) in [7, 11) is 0. The van der Waals surface area contributed by atoms with Crippen LogP contribution >= 0.6 is 0 Å². The van der Waals surface area contributed by atoms with Crippen molar-refractivity contribution in [3.63, 3.8) is 0 Å². The van der Waals surface area contributed by atoms with E-state index in [0.717, 1.165) is 24.3 Å². The number of piperidine rings is 1. The molecule has 14 heteroatoms. The number of amides is 2. The molecule has 1 aromatic carbocycles. The molecule has 2 amide bonds. The second-order valence-corrected chi connectivity index (χ2v) is 13.0. The van der Waals surface area contributed by atoms with Crippen LogP contribution in [-0.2, 0) is 11.8 Å². The molecule has 0 bridgehead atoms. The van der Waals surface area contributed by atoms with Crippen molar-refractivity contribution in [3.8, 4) is 17.0 Å². The Kier molecular flexibility index (Phi) is 9.38. The molecule has 3 heterocycles. The third-order valence-electron chi connectivity index (χ3n) is 8.42. The number of hydrogen-bond acceptors (Lipinski definition) is 8. The Balaban J connectivity index is 1.62. The Morgan fingerprint density at radius 3 is 2.36 bits per heavy atom. The molecule has 1 saturated heterocycles. The highest BCUT2D eigenvalue weighted by Crippen LogP contribution is 2.46. The molecule has 252 valence electrons. The van der Waals surface area contributed by atoms with Crippen LogP contribution in [0.15, 0.2) is 24.3 Å². The number of aromatic nitrogens is 2. The number of benzene rings is 1. The van der Waals surface area contributed by atoms with Gasteiger partial charge in [-0.25, -0.2) is 22.9 Å². The van der Waals surface area contributed by atoms with Crippen molar-refractivity contribution >= 4 is 23.4 Å². The van der Waals surface area contributed by atoms with Gasteiger partial charge in [0.15, 0.2) is 0 Å². The van der Waals surface area contributed by atoms with E-state index in [1.54, 1.807) is 13.8 Å². The molecule has 5 rings (SSSR count). The van der Waals surface area contributed by atoms with Gasteiger partial charge in [0.05, 0.1) is 53.2 Å². The highest BCUT2D eigenvalue weighted by Gasteiger charge is 2.40. The number of aliphatic hydroxyl groups excluding tert-OH is 2. The van der Waals surface area contributed by atoms with Gasteiger partial charge in [0, 0.05) is 42.1 Å². The predicted molar refractivity (Wildman–Crippen MR) is 167 cm³/mol. The Bertz CT molecular complexity index is 1690. The maximum absolute atomic E-state index is 15.0. The number of anilines is 2. The molecule has 3 aromatic rings. The van der Waals surface area contributed by atoms with Gasteiger partial charge in [-0.05, 0) is 31.9 Å². The first-order valence-electron chi connectivity index (χ1n) is 15.4. The summed E-state index contributed by atoms with van der Waals surface area (Å²) in [6.07, 6.45) is -2.36. The molecular formula is C33H38F3N5O6. The number of nitrogens with one attached hydrogen (secondary N) is 2. The van der Waals surface area contributed by atoms with E-state index in [0.29, 0.717) is 35.5 Å². The van der Waals surface area contributed by atoms with Crippen LogP contribution in [0.1, 0.15) is 74.6 Å². The van der Waals surface area contributed by atoms with E-state index in [-0.39, 0.29) is 36.8 Å². The average Bonchev–Trinajstić information content (AvgIpc) is 3.34. The zero-order valence-corrected chi connectivity index (χ0v) is 26.7. The minimum Gasteiger partial charge on any atom is -0.494 e. The van der Waals surface area contributed by atoms with Crippen molar-refractivity contribution in [3.05, 3.63) is 64.4 Å². The van der Waals surface area contributed by atoms with Crippen LogP contribution in [0.25, 0.3) is 11.3 Å². The number of pyridine rings is 2. The Morgan fingerprint density at radius 2 is 1.74 bits per heavy atom. The van der Waals surface area contributed by atoms with E-state index in [1.165, 1.54) is 0 Å². The second-order valence-electron chi connectivity index (χ2n) is 13.0. The van der Waals surface area contributed by atoms with Gasteiger partial charge in [-0.15, -0.1) is 0 Å². The maximum atomic E-state index is 15.0. The van der Waals surface area contributed by atoms with E-state index in [2.05, 4.69) is 15.6 Å². The summed E-state index contributed by atoms with van der Waals surface area (Å²) in [5.74, 6) is -4.60. The summed E-state index contributed by atoms with van der Waals surface area (Å²) in [4.78, 5) is 36.1.